The number of benzene rings is 1. The average molecular weight is 203 g/mol. The summed E-state index contributed by atoms with van der Waals surface area (Å²) in [5, 5.41) is 3.37. The second-order valence-electron chi connectivity index (χ2n) is 3.74. The Morgan fingerprint density at radius 2 is 2.13 bits per heavy atom. The summed E-state index contributed by atoms with van der Waals surface area (Å²) in [5.41, 5.74) is 2.64. The molecule has 1 aliphatic heterocycles. The van der Waals surface area contributed by atoms with Crippen LogP contribution >= 0.6 is 0 Å². The van der Waals surface area contributed by atoms with Crippen LogP contribution in [0.15, 0.2) is 30.3 Å². The number of ether oxygens (including phenoxy) is 1. The number of methoxy groups -OCH3 is 1. The highest BCUT2D eigenvalue weighted by atomic mass is 16.5. The molecule has 2 heteroatoms. The molecule has 1 aromatic carbocycles. The van der Waals surface area contributed by atoms with Crippen LogP contribution in [0.5, 0.6) is 5.75 Å². The summed E-state index contributed by atoms with van der Waals surface area (Å²) < 4.78 is 5.38. The number of hydrogen-bond donors (Lipinski definition) is 1. The number of rotatable bonds is 2. The third-order valence-electron chi connectivity index (χ3n) is 2.75. The van der Waals surface area contributed by atoms with Gasteiger partial charge in [-0.05, 0) is 31.0 Å². The van der Waals surface area contributed by atoms with E-state index in [1.54, 1.807) is 7.11 Å². The van der Waals surface area contributed by atoms with Crippen LogP contribution in [-0.4, -0.2) is 20.2 Å². The predicted octanol–water partition coefficient (Wildman–Crippen LogP) is 2.46. The van der Waals surface area contributed by atoms with Crippen LogP contribution in [0.2, 0.25) is 0 Å². The Labute approximate surface area is 91.0 Å². The van der Waals surface area contributed by atoms with Gasteiger partial charge in [0.1, 0.15) is 5.75 Å². The van der Waals surface area contributed by atoms with Crippen molar-refractivity contribution in [1.82, 2.24) is 5.32 Å². The molecule has 0 saturated carbocycles. The lowest BCUT2D eigenvalue weighted by atomic mass is 10.0. The Balaban J connectivity index is 2.30. The molecule has 0 fully saturated rings. The van der Waals surface area contributed by atoms with Gasteiger partial charge < -0.3 is 10.1 Å². The molecule has 0 atom stereocenters. The molecule has 2 nitrogen and oxygen atoms in total. The standard InChI is InChI=1S/C13H17NO/c1-15-13-7-3-2-6-12(13)11-5-4-9-14-10-8-11/h2-3,6-8,14H,4-5,9-10H2,1H3. The molecule has 0 saturated heterocycles. The van der Waals surface area contributed by atoms with Crippen molar-refractivity contribution < 1.29 is 4.74 Å². The minimum atomic E-state index is 0.966. The van der Waals surface area contributed by atoms with E-state index >= 15 is 0 Å². The van der Waals surface area contributed by atoms with Gasteiger partial charge in [0.25, 0.3) is 0 Å². The second kappa shape index (κ2) is 4.99. The third kappa shape index (κ3) is 2.39. The molecular formula is C13H17NO. The van der Waals surface area contributed by atoms with Gasteiger partial charge in [0.15, 0.2) is 0 Å². The first kappa shape index (κ1) is 10.2. The maximum atomic E-state index is 5.38. The average Bonchev–Trinajstić information content (AvgIpc) is 2.57. The van der Waals surface area contributed by atoms with E-state index in [1.165, 1.54) is 17.6 Å². The maximum absolute atomic E-state index is 5.38. The fourth-order valence-electron chi connectivity index (χ4n) is 1.96. The smallest absolute Gasteiger partial charge is 0.126 e. The largest absolute Gasteiger partial charge is 0.496 e. The van der Waals surface area contributed by atoms with Gasteiger partial charge in [-0.1, -0.05) is 24.3 Å². The molecular weight excluding hydrogens is 186 g/mol. The number of allylic oxidation sites excluding steroid dienone is 1. The van der Waals surface area contributed by atoms with Crippen LogP contribution in [0.4, 0.5) is 0 Å². The van der Waals surface area contributed by atoms with Crippen molar-refractivity contribution in [2.75, 3.05) is 20.2 Å². The van der Waals surface area contributed by atoms with Gasteiger partial charge in [0, 0.05) is 12.1 Å². The highest BCUT2D eigenvalue weighted by Gasteiger charge is 2.08. The Morgan fingerprint density at radius 3 is 3.00 bits per heavy atom. The normalized spacial score (nSPS) is 16.7. The van der Waals surface area contributed by atoms with Crippen LogP contribution in [-0.2, 0) is 0 Å². The van der Waals surface area contributed by atoms with Crippen LogP contribution in [0, 0.1) is 0 Å². The summed E-state index contributed by atoms with van der Waals surface area (Å²) in [6, 6.07) is 8.24. The fraction of sp³-hybridized carbons (Fsp3) is 0.385. The highest BCUT2D eigenvalue weighted by Crippen LogP contribution is 2.29. The van der Waals surface area contributed by atoms with Gasteiger partial charge in [-0.15, -0.1) is 0 Å². The number of para-hydroxylation sites is 1. The van der Waals surface area contributed by atoms with Gasteiger partial charge in [-0.2, -0.15) is 0 Å². The molecule has 0 aliphatic carbocycles. The van der Waals surface area contributed by atoms with Crippen LogP contribution < -0.4 is 10.1 Å². The number of nitrogens with one attached hydrogen (secondary N) is 1. The quantitative estimate of drug-likeness (QED) is 0.797. The zero-order valence-electron chi connectivity index (χ0n) is 9.12. The van der Waals surface area contributed by atoms with Crippen molar-refractivity contribution in [3.63, 3.8) is 0 Å². The van der Waals surface area contributed by atoms with Gasteiger partial charge in [-0.3, -0.25) is 0 Å². The Morgan fingerprint density at radius 1 is 1.27 bits per heavy atom. The van der Waals surface area contributed by atoms with Crippen LogP contribution in [0.1, 0.15) is 18.4 Å². The molecule has 1 aromatic rings. The predicted molar refractivity (Wildman–Crippen MR) is 63.1 cm³/mol. The molecule has 2 rings (SSSR count). The van der Waals surface area contributed by atoms with E-state index in [2.05, 4.69) is 23.5 Å². The molecule has 1 aliphatic rings. The summed E-state index contributed by atoms with van der Waals surface area (Å²) in [7, 11) is 1.73. The summed E-state index contributed by atoms with van der Waals surface area (Å²) in [4.78, 5) is 0. The van der Waals surface area contributed by atoms with Crippen molar-refractivity contribution >= 4 is 5.57 Å². The zero-order valence-corrected chi connectivity index (χ0v) is 9.12. The minimum absolute atomic E-state index is 0.966. The summed E-state index contributed by atoms with van der Waals surface area (Å²) >= 11 is 0. The van der Waals surface area contributed by atoms with E-state index in [1.807, 2.05) is 12.1 Å². The van der Waals surface area contributed by atoms with Gasteiger partial charge in [0.05, 0.1) is 7.11 Å². The molecule has 0 unspecified atom stereocenters. The Hall–Kier alpha value is -1.28. The first-order valence-electron chi connectivity index (χ1n) is 5.45. The molecule has 1 heterocycles. The molecule has 80 valence electrons. The van der Waals surface area contributed by atoms with Crippen molar-refractivity contribution in [2.24, 2.45) is 0 Å². The van der Waals surface area contributed by atoms with E-state index in [-0.39, 0.29) is 0 Å². The number of hydrogen-bond acceptors (Lipinski definition) is 2. The Bertz CT molecular complexity index is 357. The van der Waals surface area contributed by atoms with Gasteiger partial charge >= 0.3 is 0 Å². The van der Waals surface area contributed by atoms with Crippen LogP contribution in [0.25, 0.3) is 5.57 Å². The molecule has 1 N–H and O–H groups in total. The molecule has 15 heavy (non-hydrogen) atoms. The van der Waals surface area contributed by atoms with Crippen molar-refractivity contribution in [1.29, 1.82) is 0 Å². The first-order valence-corrected chi connectivity index (χ1v) is 5.45. The van der Waals surface area contributed by atoms with E-state index in [0.29, 0.717) is 0 Å². The molecule has 0 bridgehead atoms. The lowest BCUT2D eigenvalue weighted by Gasteiger charge is -2.10. The van der Waals surface area contributed by atoms with E-state index in [9.17, 15) is 0 Å². The van der Waals surface area contributed by atoms with Crippen LogP contribution in [0.3, 0.4) is 0 Å². The Kier molecular flexibility index (Phi) is 3.41. The topological polar surface area (TPSA) is 21.3 Å². The van der Waals surface area contributed by atoms with E-state index in [4.69, 9.17) is 4.74 Å². The molecule has 0 amide bonds. The van der Waals surface area contributed by atoms with Crippen molar-refractivity contribution in [3.05, 3.63) is 35.9 Å². The maximum Gasteiger partial charge on any atom is 0.126 e. The molecule has 0 spiro atoms. The summed E-state index contributed by atoms with van der Waals surface area (Å²) in [5.74, 6) is 0.977. The van der Waals surface area contributed by atoms with Gasteiger partial charge in [0.2, 0.25) is 0 Å². The molecule has 0 radical (unpaired) electrons. The van der Waals surface area contributed by atoms with Crippen molar-refractivity contribution in [3.8, 4) is 5.75 Å². The lowest BCUT2D eigenvalue weighted by molar-refractivity contribution is 0.413. The summed E-state index contributed by atoms with van der Waals surface area (Å²) in [6.45, 7) is 2.07. The third-order valence-corrected chi connectivity index (χ3v) is 2.75. The van der Waals surface area contributed by atoms with Gasteiger partial charge in [-0.25, -0.2) is 0 Å². The second-order valence-corrected chi connectivity index (χ2v) is 3.74. The zero-order chi connectivity index (χ0) is 10.5. The SMILES string of the molecule is COc1ccccc1C1=CCNCCC1. The van der Waals surface area contributed by atoms with E-state index < -0.39 is 0 Å². The highest BCUT2D eigenvalue weighted by molar-refractivity contribution is 5.70. The minimum Gasteiger partial charge on any atom is -0.496 e. The fourth-order valence-corrected chi connectivity index (χ4v) is 1.96. The monoisotopic (exact) mass is 203 g/mol. The van der Waals surface area contributed by atoms with Crippen molar-refractivity contribution in [2.45, 2.75) is 12.8 Å². The summed E-state index contributed by atoms with van der Waals surface area (Å²) in [6.07, 6.45) is 4.60. The lowest BCUT2D eigenvalue weighted by Crippen LogP contribution is -2.12. The van der Waals surface area contributed by atoms with E-state index in [0.717, 1.165) is 25.3 Å². The first-order chi connectivity index (χ1) is 7.42. The molecule has 0 aromatic heterocycles.